The number of hydrogen-bond acceptors (Lipinski definition) is 2. The topological polar surface area (TPSA) is 29.1 Å². The van der Waals surface area contributed by atoms with Gasteiger partial charge in [-0.3, -0.25) is 4.79 Å². The summed E-state index contributed by atoms with van der Waals surface area (Å²) in [6, 6.07) is 0.280. The highest BCUT2D eigenvalue weighted by Crippen LogP contribution is 2.07. The Morgan fingerprint density at radius 1 is 1.21 bits per heavy atom. The number of thioether (sulfide) groups is 1. The Hall–Kier alpha value is -0.180. The first-order valence-corrected chi connectivity index (χ1v) is 6.46. The molecule has 14 heavy (non-hydrogen) atoms. The van der Waals surface area contributed by atoms with E-state index in [1.54, 1.807) is 11.8 Å². The zero-order valence-corrected chi connectivity index (χ0v) is 10.8. The largest absolute Gasteiger partial charge is 0.353 e. The van der Waals surface area contributed by atoms with E-state index in [1.165, 1.54) is 0 Å². The predicted octanol–water partition coefficient (Wildman–Crippen LogP) is 2.54. The molecule has 0 aliphatic carbocycles. The molecule has 0 aliphatic heterocycles. The van der Waals surface area contributed by atoms with Crippen molar-refractivity contribution in [1.29, 1.82) is 0 Å². The fraction of sp³-hybridized carbons (Fsp3) is 0.909. The number of hydrogen-bond donors (Lipinski definition) is 1. The fourth-order valence-electron chi connectivity index (χ4n) is 0.850. The monoisotopic (exact) mass is 217 g/mol. The lowest BCUT2D eigenvalue weighted by molar-refractivity contribution is -0.119. The van der Waals surface area contributed by atoms with Gasteiger partial charge >= 0.3 is 0 Å². The molecule has 0 bridgehead atoms. The van der Waals surface area contributed by atoms with Crippen LogP contribution >= 0.6 is 11.8 Å². The summed E-state index contributed by atoms with van der Waals surface area (Å²) >= 11 is 1.71. The quantitative estimate of drug-likeness (QED) is 0.741. The van der Waals surface area contributed by atoms with Crippen LogP contribution in [0.15, 0.2) is 0 Å². The van der Waals surface area contributed by atoms with Crippen molar-refractivity contribution in [3.8, 4) is 0 Å². The van der Waals surface area contributed by atoms with Crippen LogP contribution in [0, 0.1) is 11.8 Å². The van der Waals surface area contributed by atoms with E-state index in [4.69, 9.17) is 0 Å². The van der Waals surface area contributed by atoms with Gasteiger partial charge in [0.15, 0.2) is 0 Å². The van der Waals surface area contributed by atoms with Crippen LogP contribution < -0.4 is 5.32 Å². The second kappa shape index (κ2) is 7.16. The minimum absolute atomic E-state index is 0.164. The number of nitrogens with one attached hydrogen (secondary N) is 1. The molecule has 0 heterocycles. The molecule has 1 N–H and O–H groups in total. The molecule has 0 aromatic rings. The second-order valence-corrected chi connectivity index (χ2v) is 5.54. The van der Waals surface area contributed by atoms with Gasteiger partial charge in [-0.1, -0.05) is 27.7 Å². The Labute approximate surface area is 92.2 Å². The van der Waals surface area contributed by atoms with Crippen molar-refractivity contribution in [3.05, 3.63) is 0 Å². The van der Waals surface area contributed by atoms with E-state index in [9.17, 15) is 4.79 Å². The molecule has 1 unspecified atom stereocenters. The van der Waals surface area contributed by atoms with Crippen LogP contribution in [0.4, 0.5) is 0 Å². The molecule has 84 valence electrons. The van der Waals surface area contributed by atoms with Gasteiger partial charge in [0.05, 0.1) is 5.75 Å². The Morgan fingerprint density at radius 3 is 2.21 bits per heavy atom. The molecule has 0 aromatic heterocycles. The highest BCUT2D eigenvalue weighted by molar-refractivity contribution is 7.99. The maximum Gasteiger partial charge on any atom is 0.230 e. The Kier molecular flexibility index (Phi) is 7.06. The van der Waals surface area contributed by atoms with Gasteiger partial charge in [-0.05, 0) is 24.5 Å². The van der Waals surface area contributed by atoms with Crippen molar-refractivity contribution in [2.24, 2.45) is 11.8 Å². The summed E-state index contributed by atoms with van der Waals surface area (Å²) in [7, 11) is 0. The van der Waals surface area contributed by atoms with Gasteiger partial charge in [0, 0.05) is 6.04 Å². The molecule has 2 nitrogen and oxygen atoms in total. The van der Waals surface area contributed by atoms with E-state index in [-0.39, 0.29) is 11.9 Å². The Bertz CT molecular complexity index is 169. The van der Waals surface area contributed by atoms with Crippen molar-refractivity contribution >= 4 is 17.7 Å². The zero-order chi connectivity index (χ0) is 11.1. The first kappa shape index (κ1) is 13.8. The standard InChI is InChI=1S/C11H23NOS/c1-8(2)6-14-7-11(13)12-10(5)9(3)4/h8-10H,6-7H2,1-5H3,(H,12,13). The lowest BCUT2D eigenvalue weighted by atomic mass is 10.1. The van der Waals surface area contributed by atoms with E-state index in [0.29, 0.717) is 17.6 Å². The van der Waals surface area contributed by atoms with Crippen LogP contribution in [0.5, 0.6) is 0 Å². The molecule has 0 rings (SSSR count). The van der Waals surface area contributed by atoms with Gasteiger partial charge in [-0.15, -0.1) is 0 Å². The van der Waals surface area contributed by atoms with Gasteiger partial charge in [-0.25, -0.2) is 0 Å². The van der Waals surface area contributed by atoms with Crippen LogP contribution in [0.3, 0.4) is 0 Å². The molecule has 0 saturated heterocycles. The molecule has 1 amide bonds. The lowest BCUT2D eigenvalue weighted by Gasteiger charge is -2.17. The Balaban J connectivity index is 3.55. The number of carbonyl (C=O) groups excluding carboxylic acids is 1. The maximum atomic E-state index is 11.4. The summed E-state index contributed by atoms with van der Waals surface area (Å²) in [5.74, 6) is 2.99. The van der Waals surface area contributed by atoms with Gasteiger partial charge in [-0.2, -0.15) is 11.8 Å². The van der Waals surface area contributed by atoms with Crippen LogP contribution in [0.1, 0.15) is 34.6 Å². The molecule has 0 aromatic carbocycles. The third-order valence-corrected chi connectivity index (χ3v) is 3.44. The van der Waals surface area contributed by atoms with E-state index in [2.05, 4.69) is 39.9 Å². The lowest BCUT2D eigenvalue weighted by Crippen LogP contribution is -2.37. The molecular formula is C11H23NOS. The average Bonchev–Trinajstić information content (AvgIpc) is 2.02. The minimum atomic E-state index is 0.164. The summed E-state index contributed by atoms with van der Waals surface area (Å²) in [6.07, 6.45) is 0. The minimum Gasteiger partial charge on any atom is -0.353 e. The van der Waals surface area contributed by atoms with Crippen LogP contribution in [-0.4, -0.2) is 23.5 Å². The van der Waals surface area contributed by atoms with Crippen molar-refractivity contribution in [1.82, 2.24) is 5.32 Å². The van der Waals surface area contributed by atoms with Crippen molar-refractivity contribution in [3.63, 3.8) is 0 Å². The Morgan fingerprint density at radius 2 is 1.79 bits per heavy atom. The summed E-state index contributed by atoms with van der Waals surface area (Å²) < 4.78 is 0. The fourth-order valence-corrected chi connectivity index (χ4v) is 1.71. The van der Waals surface area contributed by atoms with E-state index < -0.39 is 0 Å². The maximum absolute atomic E-state index is 11.4. The zero-order valence-electron chi connectivity index (χ0n) is 9.96. The molecule has 0 spiro atoms. The highest BCUT2D eigenvalue weighted by atomic mass is 32.2. The molecule has 0 radical (unpaired) electrons. The summed E-state index contributed by atoms with van der Waals surface area (Å²) in [5.41, 5.74) is 0. The molecular weight excluding hydrogens is 194 g/mol. The average molecular weight is 217 g/mol. The smallest absolute Gasteiger partial charge is 0.230 e. The van der Waals surface area contributed by atoms with E-state index in [1.807, 2.05) is 0 Å². The van der Waals surface area contributed by atoms with Gasteiger partial charge < -0.3 is 5.32 Å². The van der Waals surface area contributed by atoms with Gasteiger partial charge in [0.2, 0.25) is 5.91 Å². The van der Waals surface area contributed by atoms with Crippen LogP contribution in [-0.2, 0) is 4.79 Å². The van der Waals surface area contributed by atoms with E-state index in [0.717, 1.165) is 5.75 Å². The third-order valence-electron chi connectivity index (χ3n) is 2.07. The molecule has 3 heteroatoms. The van der Waals surface area contributed by atoms with E-state index >= 15 is 0 Å². The first-order valence-electron chi connectivity index (χ1n) is 5.30. The summed E-state index contributed by atoms with van der Waals surface area (Å²) in [4.78, 5) is 11.4. The molecule has 1 atom stereocenters. The van der Waals surface area contributed by atoms with Crippen LogP contribution in [0.2, 0.25) is 0 Å². The number of carbonyl (C=O) groups is 1. The predicted molar refractivity (Wildman–Crippen MR) is 64.6 cm³/mol. The van der Waals surface area contributed by atoms with Crippen molar-refractivity contribution in [2.75, 3.05) is 11.5 Å². The summed E-state index contributed by atoms with van der Waals surface area (Å²) in [6.45, 7) is 10.6. The molecule has 0 saturated carbocycles. The van der Waals surface area contributed by atoms with Gasteiger partial charge in [0.1, 0.15) is 0 Å². The van der Waals surface area contributed by atoms with Crippen molar-refractivity contribution in [2.45, 2.75) is 40.7 Å². The van der Waals surface area contributed by atoms with Gasteiger partial charge in [0.25, 0.3) is 0 Å². The first-order chi connectivity index (χ1) is 6.43. The molecule has 0 fully saturated rings. The summed E-state index contributed by atoms with van der Waals surface area (Å²) in [5, 5.41) is 2.99. The normalized spacial score (nSPS) is 13.4. The number of amides is 1. The van der Waals surface area contributed by atoms with Crippen molar-refractivity contribution < 1.29 is 4.79 Å². The SMILES string of the molecule is CC(C)CSCC(=O)NC(C)C(C)C. The molecule has 0 aliphatic rings. The second-order valence-electron chi connectivity index (χ2n) is 4.51. The third kappa shape index (κ3) is 7.25. The highest BCUT2D eigenvalue weighted by Gasteiger charge is 2.10. The van der Waals surface area contributed by atoms with Crippen LogP contribution in [0.25, 0.3) is 0 Å². The number of rotatable bonds is 6.